The Hall–Kier alpha value is -0.650. The molecular weight excluding hydrogens is 208 g/mol. The average molecular weight is 228 g/mol. The molecule has 2 rings (SSSR count). The largest absolute Gasteiger partial charge is 0.393 e. The van der Waals surface area contributed by atoms with Gasteiger partial charge >= 0.3 is 0 Å². The quantitative estimate of drug-likeness (QED) is 0.584. The molecule has 0 aromatic carbocycles. The molecule has 0 aromatic rings. The van der Waals surface area contributed by atoms with Gasteiger partial charge < -0.3 is 20.5 Å². The summed E-state index contributed by atoms with van der Waals surface area (Å²) in [6.45, 7) is 1.80. The molecule has 1 aliphatic carbocycles. The number of carbonyl (C=O) groups excluding carboxylic acids is 1. The maximum absolute atomic E-state index is 11.8. The number of carbonyl (C=O) groups is 1. The van der Waals surface area contributed by atoms with Crippen LogP contribution in [0.2, 0.25) is 0 Å². The predicted molar refractivity (Wildman–Crippen MR) is 58.9 cm³/mol. The molecule has 5 heteroatoms. The molecule has 1 saturated carbocycles. The number of likely N-dealkylation sites (N-methyl/N-ethyl adjacent to an activating group) is 1. The molecule has 0 bridgehead atoms. The van der Waals surface area contributed by atoms with E-state index in [4.69, 9.17) is 9.84 Å². The summed E-state index contributed by atoms with van der Waals surface area (Å²) in [5, 5.41) is 15.2. The van der Waals surface area contributed by atoms with Gasteiger partial charge in [-0.25, -0.2) is 0 Å². The number of hydrogen-bond acceptors (Lipinski definition) is 4. The lowest BCUT2D eigenvalue weighted by molar-refractivity contribution is -0.126. The summed E-state index contributed by atoms with van der Waals surface area (Å²) in [7, 11) is 1.85. The van der Waals surface area contributed by atoms with Crippen LogP contribution in [0.1, 0.15) is 12.8 Å². The lowest BCUT2D eigenvalue weighted by atomic mass is 9.82. The molecule has 1 aliphatic heterocycles. The second-order valence-corrected chi connectivity index (χ2v) is 4.78. The first-order valence-corrected chi connectivity index (χ1v) is 5.91. The summed E-state index contributed by atoms with van der Waals surface area (Å²) in [5.41, 5.74) is 0. The van der Waals surface area contributed by atoms with Gasteiger partial charge in [0.1, 0.15) is 0 Å². The number of aliphatic hydroxyl groups is 1. The molecule has 0 radical (unpaired) electrons. The van der Waals surface area contributed by atoms with Crippen LogP contribution < -0.4 is 10.6 Å². The highest BCUT2D eigenvalue weighted by molar-refractivity contribution is 5.79. The fourth-order valence-corrected chi connectivity index (χ4v) is 2.34. The van der Waals surface area contributed by atoms with Crippen LogP contribution in [0.15, 0.2) is 0 Å². The highest BCUT2D eigenvalue weighted by Crippen LogP contribution is 2.26. The molecule has 0 spiro atoms. The van der Waals surface area contributed by atoms with E-state index < -0.39 is 0 Å². The van der Waals surface area contributed by atoms with Crippen molar-refractivity contribution in [2.24, 2.45) is 11.8 Å². The van der Waals surface area contributed by atoms with Gasteiger partial charge in [0, 0.05) is 12.6 Å². The molecule has 5 nitrogen and oxygen atoms in total. The van der Waals surface area contributed by atoms with Crippen LogP contribution in [0.5, 0.6) is 0 Å². The lowest BCUT2D eigenvalue weighted by Gasteiger charge is -2.31. The van der Waals surface area contributed by atoms with Crippen molar-refractivity contribution in [3.63, 3.8) is 0 Å². The van der Waals surface area contributed by atoms with E-state index in [9.17, 15) is 4.79 Å². The fraction of sp³-hybridized carbons (Fsp3) is 0.909. The monoisotopic (exact) mass is 228 g/mol. The molecule has 1 saturated heterocycles. The zero-order valence-electron chi connectivity index (χ0n) is 9.61. The first-order chi connectivity index (χ1) is 7.70. The molecule has 0 aromatic heterocycles. The minimum absolute atomic E-state index is 0.0678. The topological polar surface area (TPSA) is 70.6 Å². The van der Waals surface area contributed by atoms with E-state index in [0.29, 0.717) is 25.7 Å². The Labute approximate surface area is 95.5 Å². The molecule has 2 unspecified atom stereocenters. The van der Waals surface area contributed by atoms with Gasteiger partial charge in [-0.15, -0.1) is 0 Å². The average Bonchev–Trinajstić information content (AvgIpc) is 2.70. The summed E-state index contributed by atoms with van der Waals surface area (Å²) in [4.78, 5) is 11.8. The Bertz CT molecular complexity index is 254. The molecule has 3 N–H and O–H groups in total. The zero-order valence-corrected chi connectivity index (χ0v) is 9.61. The van der Waals surface area contributed by atoms with E-state index in [1.54, 1.807) is 0 Å². The van der Waals surface area contributed by atoms with Crippen molar-refractivity contribution in [3.8, 4) is 0 Å². The SMILES string of the molecule is CNC1COCC1C(=O)NCC1CC(O)C1. The Morgan fingerprint density at radius 2 is 2.19 bits per heavy atom. The van der Waals surface area contributed by atoms with Crippen molar-refractivity contribution in [2.75, 3.05) is 26.8 Å². The highest BCUT2D eigenvalue weighted by Gasteiger charge is 2.34. The Morgan fingerprint density at radius 3 is 2.81 bits per heavy atom. The zero-order chi connectivity index (χ0) is 11.5. The Balaban J connectivity index is 1.71. The predicted octanol–water partition coefficient (Wildman–Crippen LogP) is -0.892. The van der Waals surface area contributed by atoms with Crippen LogP contribution in [0, 0.1) is 11.8 Å². The molecule has 2 fully saturated rings. The van der Waals surface area contributed by atoms with Gasteiger partial charge in [0.05, 0.1) is 25.2 Å². The van der Waals surface area contributed by atoms with Gasteiger partial charge in [-0.05, 0) is 25.8 Å². The second kappa shape index (κ2) is 5.12. The molecule has 2 atom stereocenters. The third-order valence-corrected chi connectivity index (χ3v) is 3.56. The van der Waals surface area contributed by atoms with E-state index in [0.717, 1.165) is 12.8 Å². The van der Waals surface area contributed by atoms with Crippen LogP contribution in [0.25, 0.3) is 0 Å². The summed E-state index contributed by atoms with van der Waals surface area (Å²) in [5.74, 6) is 0.447. The number of ether oxygens (including phenoxy) is 1. The third kappa shape index (κ3) is 2.53. The molecule has 1 heterocycles. The maximum atomic E-state index is 11.8. The molecule has 2 aliphatic rings. The van der Waals surface area contributed by atoms with Crippen LogP contribution in [-0.2, 0) is 9.53 Å². The third-order valence-electron chi connectivity index (χ3n) is 3.56. The smallest absolute Gasteiger partial charge is 0.227 e. The van der Waals surface area contributed by atoms with E-state index in [1.807, 2.05) is 7.05 Å². The van der Waals surface area contributed by atoms with Gasteiger partial charge in [0.2, 0.25) is 5.91 Å². The summed E-state index contributed by atoms with van der Waals surface area (Å²) < 4.78 is 5.28. The molecule has 1 amide bonds. The van der Waals surface area contributed by atoms with Gasteiger partial charge in [-0.3, -0.25) is 4.79 Å². The van der Waals surface area contributed by atoms with Crippen molar-refractivity contribution >= 4 is 5.91 Å². The van der Waals surface area contributed by atoms with E-state index in [1.165, 1.54) is 0 Å². The highest BCUT2D eigenvalue weighted by atomic mass is 16.5. The van der Waals surface area contributed by atoms with Gasteiger partial charge in [-0.2, -0.15) is 0 Å². The minimum Gasteiger partial charge on any atom is -0.393 e. The summed E-state index contributed by atoms with van der Waals surface area (Å²) >= 11 is 0. The van der Waals surface area contributed by atoms with Crippen molar-refractivity contribution in [3.05, 3.63) is 0 Å². The van der Waals surface area contributed by atoms with Gasteiger partial charge in [0.25, 0.3) is 0 Å². The minimum atomic E-state index is -0.151. The fourth-order valence-electron chi connectivity index (χ4n) is 2.34. The molecule has 16 heavy (non-hydrogen) atoms. The normalized spacial score (nSPS) is 38.1. The van der Waals surface area contributed by atoms with Crippen LogP contribution in [0.3, 0.4) is 0 Å². The number of aliphatic hydroxyl groups excluding tert-OH is 1. The van der Waals surface area contributed by atoms with E-state index in [-0.39, 0.29) is 24.0 Å². The van der Waals surface area contributed by atoms with Crippen molar-refractivity contribution in [1.82, 2.24) is 10.6 Å². The van der Waals surface area contributed by atoms with Gasteiger partial charge in [0.15, 0.2) is 0 Å². The number of amides is 1. The summed E-state index contributed by atoms with van der Waals surface area (Å²) in [6, 6.07) is 0.131. The maximum Gasteiger partial charge on any atom is 0.227 e. The van der Waals surface area contributed by atoms with Crippen LogP contribution >= 0.6 is 0 Å². The first-order valence-electron chi connectivity index (χ1n) is 5.91. The van der Waals surface area contributed by atoms with E-state index in [2.05, 4.69) is 10.6 Å². The Kier molecular flexibility index (Phi) is 3.78. The number of rotatable bonds is 4. The van der Waals surface area contributed by atoms with Crippen molar-refractivity contribution < 1.29 is 14.6 Å². The number of hydrogen-bond donors (Lipinski definition) is 3. The van der Waals surface area contributed by atoms with Crippen LogP contribution in [-0.4, -0.2) is 50.0 Å². The first kappa shape index (κ1) is 11.8. The standard InChI is InChI=1S/C11H20N2O3/c1-12-10-6-16-5-9(10)11(15)13-4-7-2-8(14)3-7/h7-10,12,14H,2-6H2,1H3,(H,13,15). The molecule has 92 valence electrons. The molecular formula is C11H20N2O3. The van der Waals surface area contributed by atoms with Crippen molar-refractivity contribution in [2.45, 2.75) is 25.0 Å². The second-order valence-electron chi connectivity index (χ2n) is 4.78. The lowest BCUT2D eigenvalue weighted by Crippen LogP contribution is -2.45. The Morgan fingerprint density at radius 1 is 1.44 bits per heavy atom. The van der Waals surface area contributed by atoms with Gasteiger partial charge in [-0.1, -0.05) is 0 Å². The summed E-state index contributed by atoms with van der Waals surface area (Å²) in [6.07, 6.45) is 1.48. The van der Waals surface area contributed by atoms with E-state index >= 15 is 0 Å². The van der Waals surface area contributed by atoms with Crippen molar-refractivity contribution in [1.29, 1.82) is 0 Å². The number of nitrogens with one attached hydrogen (secondary N) is 2. The van der Waals surface area contributed by atoms with Crippen LogP contribution in [0.4, 0.5) is 0 Å².